The van der Waals surface area contributed by atoms with Gasteiger partial charge in [0.05, 0.1) is 37.6 Å². The predicted molar refractivity (Wildman–Crippen MR) is 109 cm³/mol. The molecule has 1 aromatic rings. The Morgan fingerprint density at radius 3 is 2.44 bits per heavy atom. The second-order valence-corrected chi connectivity index (χ2v) is 10.4. The van der Waals surface area contributed by atoms with E-state index in [4.69, 9.17) is 13.9 Å². The highest BCUT2D eigenvalue weighted by atomic mass is 16.6. The summed E-state index contributed by atoms with van der Waals surface area (Å²) < 4.78 is 16.2. The maximum Gasteiger partial charge on any atom is 0.313 e. The van der Waals surface area contributed by atoms with Gasteiger partial charge in [0.25, 0.3) is 0 Å². The van der Waals surface area contributed by atoms with Crippen molar-refractivity contribution < 1.29 is 43.9 Å². The van der Waals surface area contributed by atoms with Gasteiger partial charge < -0.3 is 34.3 Å². The minimum atomic E-state index is -1.92. The fraction of sp³-hybridized carbons (Fsp3) is 0.739. The molecule has 3 aliphatic rings. The Balaban J connectivity index is 2.00. The van der Waals surface area contributed by atoms with Crippen LogP contribution in [0.3, 0.4) is 0 Å². The molecule has 0 amide bonds. The highest BCUT2D eigenvalue weighted by molar-refractivity contribution is 5.79. The third-order valence-electron chi connectivity index (χ3n) is 8.56. The summed E-state index contributed by atoms with van der Waals surface area (Å²) in [5.74, 6) is -3.35. The molecule has 3 aliphatic carbocycles. The fourth-order valence-electron chi connectivity index (χ4n) is 7.15. The van der Waals surface area contributed by atoms with Gasteiger partial charge in [0.1, 0.15) is 11.4 Å². The summed E-state index contributed by atoms with van der Waals surface area (Å²) >= 11 is 0. The lowest BCUT2D eigenvalue weighted by atomic mass is 9.38. The Kier molecular flexibility index (Phi) is 5.28. The van der Waals surface area contributed by atoms with Gasteiger partial charge in [-0.05, 0) is 18.4 Å². The van der Waals surface area contributed by atoms with E-state index in [1.54, 1.807) is 26.8 Å². The SMILES string of the molecule is COC(=O)C1c2ccoc2CC2C1C(O)C(OC(C)=O)C1(O)C(C)(C)CC(O)C(O)C21C. The van der Waals surface area contributed by atoms with Gasteiger partial charge in [-0.3, -0.25) is 9.59 Å². The van der Waals surface area contributed by atoms with Crippen LogP contribution in [0.2, 0.25) is 0 Å². The molecule has 9 heteroatoms. The van der Waals surface area contributed by atoms with E-state index in [0.29, 0.717) is 11.3 Å². The monoisotopic (exact) mass is 452 g/mol. The third kappa shape index (κ3) is 2.71. The zero-order valence-electron chi connectivity index (χ0n) is 18.9. The van der Waals surface area contributed by atoms with E-state index < -0.39 is 70.5 Å². The van der Waals surface area contributed by atoms with Gasteiger partial charge in [0, 0.05) is 35.7 Å². The number of rotatable bonds is 2. The first-order valence-electron chi connectivity index (χ1n) is 10.9. The lowest BCUT2D eigenvalue weighted by Crippen LogP contribution is -2.81. The maximum absolute atomic E-state index is 12.9. The van der Waals surface area contributed by atoms with Crippen LogP contribution >= 0.6 is 0 Å². The Morgan fingerprint density at radius 1 is 1.19 bits per heavy atom. The molecule has 9 unspecified atom stereocenters. The van der Waals surface area contributed by atoms with Gasteiger partial charge >= 0.3 is 11.9 Å². The number of esters is 2. The summed E-state index contributed by atoms with van der Waals surface area (Å²) in [6, 6.07) is 1.64. The van der Waals surface area contributed by atoms with Crippen LogP contribution in [0.5, 0.6) is 0 Å². The molecule has 4 rings (SSSR count). The van der Waals surface area contributed by atoms with Gasteiger partial charge in [0.2, 0.25) is 0 Å². The normalized spacial score (nSPS) is 44.6. The Bertz CT molecular complexity index is 922. The minimum absolute atomic E-state index is 0.0224. The average molecular weight is 453 g/mol. The summed E-state index contributed by atoms with van der Waals surface area (Å²) in [5, 5.41) is 46.0. The van der Waals surface area contributed by atoms with Gasteiger partial charge in [-0.1, -0.05) is 20.8 Å². The van der Waals surface area contributed by atoms with Crippen molar-refractivity contribution in [3.63, 3.8) is 0 Å². The average Bonchev–Trinajstić information content (AvgIpc) is 3.19. The lowest BCUT2D eigenvalue weighted by molar-refractivity contribution is -0.351. The summed E-state index contributed by atoms with van der Waals surface area (Å²) in [6.07, 6.45) is -3.78. The van der Waals surface area contributed by atoms with E-state index in [1.807, 2.05) is 0 Å². The van der Waals surface area contributed by atoms with E-state index >= 15 is 0 Å². The first-order valence-corrected chi connectivity index (χ1v) is 10.9. The molecule has 0 aromatic carbocycles. The summed E-state index contributed by atoms with van der Waals surface area (Å²) in [5.41, 5.74) is -3.89. The lowest BCUT2D eigenvalue weighted by Gasteiger charge is -2.70. The number of carbonyl (C=O) groups is 2. The molecule has 0 spiro atoms. The van der Waals surface area contributed by atoms with E-state index in [0.717, 1.165) is 0 Å². The number of ether oxygens (including phenoxy) is 2. The molecule has 9 nitrogen and oxygen atoms in total. The minimum Gasteiger partial charge on any atom is -0.469 e. The van der Waals surface area contributed by atoms with Crippen molar-refractivity contribution in [1.82, 2.24) is 0 Å². The van der Waals surface area contributed by atoms with E-state index in [1.165, 1.54) is 20.3 Å². The molecule has 0 radical (unpaired) electrons. The number of aliphatic hydroxyl groups excluding tert-OH is 3. The van der Waals surface area contributed by atoms with Crippen LogP contribution in [0.1, 0.15) is 51.4 Å². The number of furan rings is 1. The van der Waals surface area contributed by atoms with Crippen LogP contribution in [-0.4, -0.2) is 69.5 Å². The number of hydrogen-bond acceptors (Lipinski definition) is 9. The third-order valence-corrected chi connectivity index (χ3v) is 8.56. The van der Waals surface area contributed by atoms with Crippen LogP contribution in [0.15, 0.2) is 16.7 Å². The quantitative estimate of drug-likeness (QED) is 0.472. The van der Waals surface area contributed by atoms with E-state index in [-0.39, 0.29) is 12.8 Å². The highest BCUT2D eigenvalue weighted by Gasteiger charge is 2.77. The van der Waals surface area contributed by atoms with Crippen molar-refractivity contribution in [2.75, 3.05) is 7.11 Å². The Labute approximate surface area is 186 Å². The van der Waals surface area contributed by atoms with E-state index in [2.05, 4.69) is 0 Å². The van der Waals surface area contributed by atoms with Crippen molar-refractivity contribution in [3.05, 3.63) is 23.7 Å². The first kappa shape index (κ1) is 23.2. The maximum atomic E-state index is 12.9. The topological polar surface area (TPSA) is 147 Å². The van der Waals surface area contributed by atoms with Crippen molar-refractivity contribution in [2.45, 2.75) is 76.5 Å². The van der Waals surface area contributed by atoms with Crippen molar-refractivity contribution in [3.8, 4) is 0 Å². The Hall–Kier alpha value is -1.94. The molecular formula is C23H32O9. The van der Waals surface area contributed by atoms with Gasteiger partial charge in [-0.15, -0.1) is 0 Å². The first-order chi connectivity index (χ1) is 14.8. The van der Waals surface area contributed by atoms with Crippen molar-refractivity contribution in [1.29, 1.82) is 0 Å². The fourth-order valence-corrected chi connectivity index (χ4v) is 7.15. The van der Waals surface area contributed by atoms with Gasteiger partial charge in [-0.2, -0.15) is 0 Å². The molecule has 0 bridgehead atoms. The van der Waals surface area contributed by atoms with E-state index in [9.17, 15) is 30.0 Å². The Morgan fingerprint density at radius 2 is 1.84 bits per heavy atom. The zero-order chi connectivity index (χ0) is 23.8. The molecular weight excluding hydrogens is 420 g/mol. The molecule has 178 valence electrons. The summed E-state index contributed by atoms with van der Waals surface area (Å²) in [7, 11) is 1.24. The molecule has 2 saturated carbocycles. The molecule has 32 heavy (non-hydrogen) atoms. The van der Waals surface area contributed by atoms with Crippen LogP contribution in [0.25, 0.3) is 0 Å². The summed E-state index contributed by atoms with van der Waals surface area (Å²) in [6.45, 7) is 6.23. The molecule has 0 aliphatic heterocycles. The number of carbonyl (C=O) groups excluding carboxylic acids is 2. The molecule has 9 atom stereocenters. The molecule has 4 N–H and O–H groups in total. The largest absolute Gasteiger partial charge is 0.469 e. The number of methoxy groups -OCH3 is 1. The summed E-state index contributed by atoms with van der Waals surface area (Å²) in [4.78, 5) is 25.0. The second kappa shape index (κ2) is 7.28. The molecule has 0 saturated heterocycles. The number of hydrogen-bond donors (Lipinski definition) is 4. The molecule has 2 fully saturated rings. The van der Waals surface area contributed by atoms with Gasteiger partial charge in [-0.25, -0.2) is 0 Å². The second-order valence-electron chi connectivity index (χ2n) is 10.4. The van der Waals surface area contributed by atoms with Gasteiger partial charge in [0.15, 0.2) is 6.10 Å². The number of fused-ring (bicyclic) bond motifs is 4. The molecule has 1 aromatic heterocycles. The van der Waals surface area contributed by atoms with Crippen molar-refractivity contribution >= 4 is 11.9 Å². The van der Waals surface area contributed by atoms with Crippen LogP contribution in [0, 0.1) is 22.7 Å². The van der Waals surface area contributed by atoms with Crippen LogP contribution in [0.4, 0.5) is 0 Å². The zero-order valence-corrected chi connectivity index (χ0v) is 18.9. The van der Waals surface area contributed by atoms with Crippen LogP contribution in [-0.2, 0) is 25.5 Å². The van der Waals surface area contributed by atoms with Crippen molar-refractivity contribution in [2.24, 2.45) is 22.7 Å². The smallest absolute Gasteiger partial charge is 0.313 e. The predicted octanol–water partition coefficient (Wildman–Crippen LogP) is 0.520. The highest BCUT2D eigenvalue weighted by Crippen LogP contribution is 2.67. The number of aliphatic hydroxyl groups is 4. The molecule has 1 heterocycles. The standard InChI is InChI=1S/C23H32O9/c1-10(24)32-19-17(26)16-12(8-14-11(6-7-31-14)15(16)20(28)30-5)22(4)18(27)13(25)9-21(2,3)23(19,22)29/h6-7,12-13,15-19,25-27,29H,8-9H2,1-5H3. The van der Waals surface area contributed by atoms with Crippen LogP contribution < -0.4 is 0 Å².